The molecular weight excluding hydrogens is 536 g/mol. The van der Waals surface area contributed by atoms with Crippen molar-refractivity contribution in [3.05, 3.63) is 0 Å². The fourth-order valence-electron chi connectivity index (χ4n) is 4.79. The molecule has 0 bridgehead atoms. The lowest BCUT2D eigenvalue weighted by Crippen LogP contribution is -2.60. The Morgan fingerprint density at radius 3 is 2.24 bits per heavy atom. The van der Waals surface area contributed by atoms with Crippen LogP contribution in [0.1, 0.15) is 79.6 Å². The monoisotopic (exact) mass is 582 g/mol. The number of hydrogen-bond acceptors (Lipinski definition) is 8. The van der Waals surface area contributed by atoms with Crippen molar-refractivity contribution in [3.63, 3.8) is 0 Å². The van der Waals surface area contributed by atoms with E-state index < -0.39 is 33.3 Å². The molecule has 1 aliphatic carbocycles. The van der Waals surface area contributed by atoms with Gasteiger partial charge in [-0.25, -0.2) is 4.79 Å². The van der Waals surface area contributed by atoms with Gasteiger partial charge in [0.2, 0.25) is 11.8 Å². The van der Waals surface area contributed by atoms with Crippen molar-refractivity contribution in [3.8, 4) is 0 Å². The highest BCUT2D eigenvalue weighted by Crippen LogP contribution is 2.34. The van der Waals surface area contributed by atoms with Crippen molar-refractivity contribution >= 4 is 40.1 Å². The molecule has 0 spiro atoms. The fourth-order valence-corrected chi connectivity index (χ4v) is 6.30. The normalized spacial score (nSPS) is 22.8. The van der Waals surface area contributed by atoms with Crippen LogP contribution in [0.15, 0.2) is 0 Å². The molecule has 0 unspecified atom stereocenters. The Balaban J connectivity index is 0.00000132. The SMILES string of the molecule is CCCOC(=O)N[C@@H](C(=O)N1CCC[C@H]1C(=O)NCC1CCC(N)CC1)C(C)(C)SC(C)C.O=S(=O)(O)O. The molecule has 14 heteroatoms. The van der Waals surface area contributed by atoms with Crippen LogP contribution in [0.3, 0.4) is 0 Å². The van der Waals surface area contributed by atoms with Crippen molar-refractivity contribution in [2.75, 3.05) is 19.7 Å². The van der Waals surface area contributed by atoms with E-state index in [1.54, 1.807) is 16.7 Å². The number of amides is 3. The zero-order valence-electron chi connectivity index (χ0n) is 23.1. The van der Waals surface area contributed by atoms with Crippen LogP contribution in [0.4, 0.5) is 4.79 Å². The molecule has 2 atom stereocenters. The molecule has 0 radical (unpaired) electrons. The predicted molar refractivity (Wildman–Crippen MR) is 147 cm³/mol. The molecule has 0 aromatic heterocycles. The second-order valence-corrected chi connectivity index (χ2v) is 13.8. The Kier molecular flexibility index (Phi) is 14.4. The molecule has 2 aliphatic rings. The average Bonchev–Trinajstić information content (AvgIpc) is 3.28. The highest BCUT2D eigenvalue weighted by Gasteiger charge is 2.44. The summed E-state index contributed by atoms with van der Waals surface area (Å²) in [5.74, 6) is 0.128. The Hall–Kier alpha value is -1.61. The van der Waals surface area contributed by atoms with E-state index in [4.69, 9.17) is 28.0 Å². The molecule has 3 amide bonds. The van der Waals surface area contributed by atoms with Crippen molar-refractivity contribution in [1.29, 1.82) is 0 Å². The summed E-state index contributed by atoms with van der Waals surface area (Å²) in [5.41, 5.74) is 5.99. The van der Waals surface area contributed by atoms with Crippen LogP contribution in [-0.4, -0.2) is 88.1 Å². The number of likely N-dealkylation sites (tertiary alicyclic amines) is 1. The molecule has 12 nitrogen and oxygen atoms in total. The molecule has 0 aromatic rings. The van der Waals surface area contributed by atoms with Gasteiger partial charge < -0.3 is 26.0 Å². The third kappa shape index (κ3) is 13.0. The van der Waals surface area contributed by atoms with Gasteiger partial charge in [0, 0.05) is 23.9 Å². The maximum absolute atomic E-state index is 13.7. The highest BCUT2D eigenvalue weighted by molar-refractivity contribution is 8.01. The van der Waals surface area contributed by atoms with Crippen LogP contribution in [0.25, 0.3) is 0 Å². The van der Waals surface area contributed by atoms with Gasteiger partial charge in [-0.1, -0.05) is 20.8 Å². The number of hydrogen-bond donors (Lipinski definition) is 5. The Morgan fingerprint density at radius 1 is 1.13 bits per heavy atom. The summed E-state index contributed by atoms with van der Waals surface area (Å²) in [5, 5.41) is 6.15. The Bertz CT molecular complexity index is 869. The number of alkyl carbamates (subject to hydrolysis) is 1. The molecule has 222 valence electrons. The van der Waals surface area contributed by atoms with E-state index >= 15 is 0 Å². The first-order valence-electron chi connectivity index (χ1n) is 13.2. The maximum Gasteiger partial charge on any atom is 0.407 e. The first-order chi connectivity index (χ1) is 17.5. The van der Waals surface area contributed by atoms with Crippen molar-refractivity contribution < 1.29 is 36.6 Å². The van der Waals surface area contributed by atoms with E-state index in [1.165, 1.54) is 0 Å². The number of rotatable bonds is 10. The van der Waals surface area contributed by atoms with Gasteiger partial charge in [-0.3, -0.25) is 18.7 Å². The quantitative estimate of drug-likeness (QED) is 0.239. The lowest BCUT2D eigenvalue weighted by atomic mass is 9.86. The van der Waals surface area contributed by atoms with Gasteiger partial charge in [-0.2, -0.15) is 20.2 Å². The van der Waals surface area contributed by atoms with Crippen LogP contribution in [0, 0.1) is 5.92 Å². The average molecular weight is 583 g/mol. The van der Waals surface area contributed by atoms with E-state index in [0.717, 1.165) is 32.1 Å². The summed E-state index contributed by atoms with van der Waals surface area (Å²) in [7, 11) is -4.67. The predicted octanol–water partition coefficient (Wildman–Crippen LogP) is 2.38. The maximum atomic E-state index is 13.7. The largest absolute Gasteiger partial charge is 0.450 e. The summed E-state index contributed by atoms with van der Waals surface area (Å²) in [6, 6.07) is -1.01. The van der Waals surface area contributed by atoms with Gasteiger partial charge >= 0.3 is 16.5 Å². The van der Waals surface area contributed by atoms with Gasteiger partial charge in [0.25, 0.3) is 0 Å². The smallest absolute Gasteiger partial charge is 0.407 e. The first kappa shape index (κ1) is 34.4. The van der Waals surface area contributed by atoms with Crippen LogP contribution in [0.2, 0.25) is 0 Å². The summed E-state index contributed by atoms with van der Waals surface area (Å²) >= 11 is 1.63. The molecule has 1 saturated carbocycles. The molecule has 2 rings (SSSR count). The number of nitrogens with two attached hydrogens (primary N) is 1. The van der Waals surface area contributed by atoms with Gasteiger partial charge in [0.05, 0.1) is 6.61 Å². The lowest BCUT2D eigenvalue weighted by molar-refractivity contribution is -0.140. The molecule has 1 aliphatic heterocycles. The number of carbonyl (C=O) groups excluding carboxylic acids is 3. The van der Waals surface area contributed by atoms with Crippen LogP contribution in [-0.2, 0) is 24.7 Å². The first-order valence-corrected chi connectivity index (χ1v) is 15.5. The highest BCUT2D eigenvalue weighted by atomic mass is 32.3. The number of thioether (sulfide) groups is 1. The molecular formula is C24H46N4O8S2. The third-order valence-electron chi connectivity index (χ3n) is 6.48. The molecule has 1 heterocycles. The number of nitrogens with zero attached hydrogens (tertiary/aromatic N) is 1. The minimum absolute atomic E-state index is 0.0997. The Morgan fingerprint density at radius 2 is 1.71 bits per heavy atom. The molecule has 0 aromatic carbocycles. The summed E-state index contributed by atoms with van der Waals surface area (Å²) in [6.07, 6.45) is 5.57. The summed E-state index contributed by atoms with van der Waals surface area (Å²) in [4.78, 5) is 40.8. The van der Waals surface area contributed by atoms with E-state index in [0.29, 0.717) is 38.5 Å². The molecule has 6 N–H and O–H groups in total. The molecule has 1 saturated heterocycles. The van der Waals surface area contributed by atoms with Gasteiger partial charge in [-0.05, 0) is 70.0 Å². The minimum atomic E-state index is -4.67. The third-order valence-corrected chi connectivity index (χ3v) is 7.79. The van der Waals surface area contributed by atoms with Crippen LogP contribution >= 0.6 is 11.8 Å². The topological polar surface area (TPSA) is 188 Å². The van der Waals surface area contributed by atoms with Crippen molar-refractivity contribution in [2.45, 2.75) is 108 Å². The number of carbonyl (C=O) groups is 3. The van der Waals surface area contributed by atoms with Gasteiger partial charge in [0.15, 0.2) is 0 Å². The van der Waals surface area contributed by atoms with E-state index in [-0.39, 0.29) is 23.1 Å². The van der Waals surface area contributed by atoms with Crippen molar-refractivity contribution in [1.82, 2.24) is 15.5 Å². The number of ether oxygens (including phenoxy) is 1. The van der Waals surface area contributed by atoms with E-state index in [2.05, 4.69) is 24.5 Å². The van der Waals surface area contributed by atoms with Crippen molar-refractivity contribution in [2.24, 2.45) is 11.7 Å². The zero-order chi connectivity index (χ0) is 29.1. The summed E-state index contributed by atoms with van der Waals surface area (Å²) < 4.78 is 36.2. The van der Waals surface area contributed by atoms with E-state index in [9.17, 15) is 14.4 Å². The number of nitrogens with one attached hydrogen (secondary N) is 2. The second kappa shape index (κ2) is 15.8. The van der Waals surface area contributed by atoms with Gasteiger partial charge in [-0.15, -0.1) is 0 Å². The summed E-state index contributed by atoms with van der Waals surface area (Å²) in [6.45, 7) is 11.4. The van der Waals surface area contributed by atoms with Crippen LogP contribution < -0.4 is 16.4 Å². The Labute approximate surface area is 231 Å². The molecule has 2 fully saturated rings. The van der Waals surface area contributed by atoms with Gasteiger partial charge in [0.1, 0.15) is 12.1 Å². The fraction of sp³-hybridized carbons (Fsp3) is 0.875. The second-order valence-electron chi connectivity index (χ2n) is 10.6. The zero-order valence-corrected chi connectivity index (χ0v) is 24.8. The lowest BCUT2D eigenvalue weighted by Gasteiger charge is -2.38. The van der Waals surface area contributed by atoms with Crippen LogP contribution in [0.5, 0.6) is 0 Å². The standard InChI is InChI=1S/C24H44N4O4S.H2O4S/c1-6-14-32-23(31)27-20(24(4,5)33-16(2)3)22(30)28-13-7-8-19(28)21(29)26-15-17-9-11-18(25)12-10-17;1-5(2,3)4/h16-20H,6-15,25H2,1-5H3,(H,26,29)(H,27,31);(H2,1,2,3,4)/t17?,18?,19-,20-;/m0./s1. The minimum Gasteiger partial charge on any atom is -0.450 e. The molecule has 38 heavy (non-hydrogen) atoms. The van der Waals surface area contributed by atoms with E-state index in [1.807, 2.05) is 20.8 Å².